The third-order valence-electron chi connectivity index (χ3n) is 12.0. The molecule has 61 heavy (non-hydrogen) atoms. The van der Waals surface area contributed by atoms with E-state index in [2.05, 4.69) is 180 Å². The van der Waals surface area contributed by atoms with Gasteiger partial charge >= 0.3 is 0 Å². The first-order valence-electron chi connectivity index (χ1n) is 20.4. The van der Waals surface area contributed by atoms with Gasteiger partial charge in [0.05, 0.1) is 16.7 Å². The Hall–Kier alpha value is -7.93. The molecule has 0 radical (unpaired) electrons. The molecular formula is C55H32N4OS. The van der Waals surface area contributed by atoms with Crippen molar-refractivity contribution in [2.24, 2.45) is 0 Å². The Bertz CT molecular complexity index is 3880. The summed E-state index contributed by atoms with van der Waals surface area (Å²) in [6.07, 6.45) is 0. The van der Waals surface area contributed by atoms with Crippen LogP contribution in [0.1, 0.15) is 0 Å². The van der Waals surface area contributed by atoms with Crippen molar-refractivity contribution in [3.8, 4) is 51.0 Å². The molecule has 0 spiro atoms. The normalized spacial score (nSPS) is 11.9. The van der Waals surface area contributed by atoms with Gasteiger partial charge in [0, 0.05) is 64.5 Å². The Kier molecular flexibility index (Phi) is 7.41. The first-order chi connectivity index (χ1) is 30.2. The van der Waals surface area contributed by atoms with Gasteiger partial charge in [-0.1, -0.05) is 146 Å². The third kappa shape index (κ3) is 5.36. The monoisotopic (exact) mass is 796 g/mol. The van der Waals surface area contributed by atoms with Crippen LogP contribution in [-0.2, 0) is 0 Å². The van der Waals surface area contributed by atoms with E-state index in [1.165, 1.54) is 37.0 Å². The van der Waals surface area contributed by atoms with Crippen LogP contribution in [0.25, 0.3) is 126 Å². The molecule has 284 valence electrons. The lowest BCUT2D eigenvalue weighted by Crippen LogP contribution is -2.02. The molecule has 6 heteroatoms. The van der Waals surface area contributed by atoms with Crippen molar-refractivity contribution in [1.29, 1.82) is 0 Å². The molecule has 0 saturated heterocycles. The molecule has 4 aromatic heterocycles. The summed E-state index contributed by atoms with van der Waals surface area (Å²) in [7, 11) is 0. The second-order valence-electron chi connectivity index (χ2n) is 15.6. The second kappa shape index (κ2) is 13.3. The van der Waals surface area contributed by atoms with E-state index in [-0.39, 0.29) is 0 Å². The summed E-state index contributed by atoms with van der Waals surface area (Å²) in [5.41, 5.74) is 9.82. The SMILES string of the molecule is c1ccc(-c2ccc(-c3nc(-c4cccc5c4sc4ccccc45)nc(-c4cc(-n5c6ccccc6c6cc7ccccc7cc65)cc5oc6ccccc6c45)n3)cc2)cc1. The zero-order valence-corrected chi connectivity index (χ0v) is 33.4. The van der Waals surface area contributed by atoms with E-state index in [9.17, 15) is 0 Å². The summed E-state index contributed by atoms with van der Waals surface area (Å²) in [5, 5.41) is 9.18. The van der Waals surface area contributed by atoms with Crippen LogP contribution in [0.2, 0.25) is 0 Å². The Labute approximate surface area is 353 Å². The van der Waals surface area contributed by atoms with Crippen molar-refractivity contribution < 1.29 is 4.42 Å². The molecule has 0 saturated carbocycles. The summed E-state index contributed by atoms with van der Waals surface area (Å²) in [6, 6.07) is 68.5. The Balaban J connectivity index is 1.11. The van der Waals surface area contributed by atoms with Crippen molar-refractivity contribution in [3.05, 3.63) is 194 Å². The van der Waals surface area contributed by atoms with E-state index in [4.69, 9.17) is 19.4 Å². The van der Waals surface area contributed by atoms with E-state index >= 15 is 0 Å². The van der Waals surface area contributed by atoms with Crippen molar-refractivity contribution in [1.82, 2.24) is 19.5 Å². The number of nitrogens with zero attached hydrogens (tertiary/aromatic N) is 4. The largest absolute Gasteiger partial charge is 0.456 e. The summed E-state index contributed by atoms with van der Waals surface area (Å²) in [4.78, 5) is 16.1. The molecule has 0 amide bonds. The van der Waals surface area contributed by atoms with Crippen molar-refractivity contribution in [3.63, 3.8) is 0 Å². The Morgan fingerprint density at radius 3 is 1.89 bits per heavy atom. The lowest BCUT2D eigenvalue weighted by atomic mass is 10.0. The molecule has 0 aliphatic rings. The number of hydrogen-bond donors (Lipinski definition) is 0. The Morgan fingerprint density at radius 1 is 0.393 bits per heavy atom. The Morgan fingerprint density at radius 2 is 1.03 bits per heavy atom. The van der Waals surface area contributed by atoms with Crippen LogP contribution in [0.15, 0.2) is 199 Å². The predicted molar refractivity (Wildman–Crippen MR) is 254 cm³/mol. The standard InChI is InChI=1S/C55H32N4OS/c1-2-13-33(14-3-1)34-25-27-35(28-26-34)53-56-54(43-21-12-20-41-40-18-8-11-24-50(40)61-52(41)43)58-55(57-53)45-31-38(32-49-51(45)42-19-7-10-23-48(42)60-49)59-46-22-9-6-17-39(46)44-29-36-15-4-5-16-37(36)30-47(44)59/h1-32H. The smallest absolute Gasteiger partial charge is 0.165 e. The zero-order valence-electron chi connectivity index (χ0n) is 32.6. The fraction of sp³-hybridized carbons (Fsp3) is 0. The first kappa shape index (κ1) is 34.0. The minimum absolute atomic E-state index is 0.579. The average molecular weight is 797 g/mol. The number of hydrogen-bond acceptors (Lipinski definition) is 5. The van der Waals surface area contributed by atoms with Crippen LogP contribution in [0.5, 0.6) is 0 Å². The molecule has 0 bridgehead atoms. The van der Waals surface area contributed by atoms with Crippen LogP contribution in [-0.4, -0.2) is 19.5 Å². The lowest BCUT2D eigenvalue weighted by molar-refractivity contribution is 0.668. The maximum atomic E-state index is 6.74. The van der Waals surface area contributed by atoms with E-state index in [0.717, 1.165) is 71.2 Å². The second-order valence-corrected chi connectivity index (χ2v) is 16.6. The molecule has 0 fully saturated rings. The summed E-state index contributed by atoms with van der Waals surface area (Å²) < 4.78 is 11.5. The molecule has 0 atom stereocenters. The number of para-hydroxylation sites is 2. The van der Waals surface area contributed by atoms with Gasteiger partial charge in [0.2, 0.25) is 0 Å². The molecule has 0 unspecified atom stereocenters. The van der Waals surface area contributed by atoms with Gasteiger partial charge in [-0.2, -0.15) is 0 Å². The number of rotatable bonds is 5. The number of benzene rings is 9. The van der Waals surface area contributed by atoms with Gasteiger partial charge in [-0.15, -0.1) is 11.3 Å². The highest BCUT2D eigenvalue weighted by Crippen LogP contribution is 2.43. The van der Waals surface area contributed by atoms with Gasteiger partial charge in [0.15, 0.2) is 17.5 Å². The molecule has 13 rings (SSSR count). The fourth-order valence-corrected chi connectivity index (χ4v) is 10.4. The highest BCUT2D eigenvalue weighted by Gasteiger charge is 2.23. The molecule has 4 heterocycles. The van der Waals surface area contributed by atoms with E-state index < -0.39 is 0 Å². The molecule has 13 aromatic rings. The summed E-state index contributed by atoms with van der Waals surface area (Å²) in [6.45, 7) is 0. The highest BCUT2D eigenvalue weighted by atomic mass is 32.1. The van der Waals surface area contributed by atoms with Gasteiger partial charge < -0.3 is 8.98 Å². The van der Waals surface area contributed by atoms with E-state index in [1.54, 1.807) is 11.3 Å². The van der Waals surface area contributed by atoms with Gasteiger partial charge in [0.25, 0.3) is 0 Å². The van der Waals surface area contributed by atoms with E-state index in [1.807, 2.05) is 18.2 Å². The van der Waals surface area contributed by atoms with Gasteiger partial charge in [0.1, 0.15) is 11.2 Å². The molecule has 0 N–H and O–H groups in total. The molecule has 0 aliphatic carbocycles. The van der Waals surface area contributed by atoms with Crippen molar-refractivity contribution in [2.75, 3.05) is 0 Å². The predicted octanol–water partition coefficient (Wildman–Crippen LogP) is 15.1. The molecular weight excluding hydrogens is 765 g/mol. The third-order valence-corrected chi connectivity index (χ3v) is 13.3. The van der Waals surface area contributed by atoms with Crippen molar-refractivity contribution >= 4 is 86.0 Å². The van der Waals surface area contributed by atoms with Crippen LogP contribution in [0.3, 0.4) is 0 Å². The van der Waals surface area contributed by atoms with Crippen LogP contribution < -0.4 is 0 Å². The highest BCUT2D eigenvalue weighted by molar-refractivity contribution is 7.26. The van der Waals surface area contributed by atoms with Crippen LogP contribution >= 0.6 is 11.3 Å². The summed E-state index contributed by atoms with van der Waals surface area (Å²) in [5.74, 6) is 1.81. The van der Waals surface area contributed by atoms with Crippen molar-refractivity contribution in [2.45, 2.75) is 0 Å². The van der Waals surface area contributed by atoms with Gasteiger partial charge in [-0.3, -0.25) is 0 Å². The quantitative estimate of drug-likeness (QED) is 0.174. The minimum Gasteiger partial charge on any atom is -0.456 e. The fourth-order valence-electron chi connectivity index (χ4n) is 9.19. The number of fused-ring (bicyclic) bond motifs is 10. The number of furan rings is 1. The maximum absolute atomic E-state index is 6.74. The van der Waals surface area contributed by atoms with Gasteiger partial charge in [-0.05, 0) is 64.4 Å². The number of aromatic nitrogens is 4. The summed E-state index contributed by atoms with van der Waals surface area (Å²) >= 11 is 1.78. The first-order valence-corrected chi connectivity index (χ1v) is 21.2. The molecule has 0 aliphatic heterocycles. The van der Waals surface area contributed by atoms with Crippen LogP contribution in [0, 0.1) is 0 Å². The molecule has 5 nitrogen and oxygen atoms in total. The topological polar surface area (TPSA) is 56.7 Å². The van der Waals surface area contributed by atoms with E-state index in [0.29, 0.717) is 17.5 Å². The molecule has 9 aromatic carbocycles. The number of thiophene rings is 1. The van der Waals surface area contributed by atoms with Crippen LogP contribution in [0.4, 0.5) is 0 Å². The minimum atomic E-state index is 0.579. The van der Waals surface area contributed by atoms with Gasteiger partial charge in [-0.25, -0.2) is 15.0 Å². The average Bonchev–Trinajstić information content (AvgIpc) is 4.00. The zero-order chi connectivity index (χ0) is 40.0. The maximum Gasteiger partial charge on any atom is 0.165 e. The lowest BCUT2D eigenvalue weighted by Gasteiger charge is -2.13.